The monoisotopic (exact) mass is 329 g/mol. The molecule has 0 amide bonds. The Morgan fingerprint density at radius 1 is 1.53 bits per heavy atom. The summed E-state index contributed by atoms with van der Waals surface area (Å²) in [6, 6.07) is 5.45. The van der Waals surface area contributed by atoms with E-state index in [1.807, 2.05) is 0 Å². The van der Waals surface area contributed by atoms with Gasteiger partial charge in [0, 0.05) is 36.2 Å². The first kappa shape index (κ1) is 14.9. The van der Waals surface area contributed by atoms with Gasteiger partial charge in [0.1, 0.15) is 5.82 Å². The van der Waals surface area contributed by atoms with Crippen LogP contribution in [0.4, 0.5) is 4.39 Å². The third-order valence-electron chi connectivity index (χ3n) is 3.91. The van der Waals surface area contributed by atoms with Crippen LogP contribution in [0.2, 0.25) is 0 Å². The minimum atomic E-state index is -0.208. The number of likely N-dealkylation sites (N-methyl/N-ethyl adjacent to an activating group) is 1. The summed E-state index contributed by atoms with van der Waals surface area (Å²) in [6.45, 7) is 2.49. The fraction of sp³-hybridized carbons (Fsp3) is 0.571. The van der Waals surface area contributed by atoms with E-state index in [4.69, 9.17) is 5.73 Å². The molecule has 2 N–H and O–H groups in total. The molecular weight excluding hydrogens is 309 g/mol. The van der Waals surface area contributed by atoms with Crippen molar-refractivity contribution < 1.29 is 4.39 Å². The highest BCUT2D eigenvalue weighted by molar-refractivity contribution is 9.10. The number of nitrogens with two attached hydrogens (primary N) is 1. The molecule has 1 aromatic rings. The van der Waals surface area contributed by atoms with Crippen LogP contribution in [0.1, 0.15) is 18.0 Å². The number of hydrogen-bond acceptors (Lipinski definition) is 3. The number of hydrogen-bond donors (Lipinski definition) is 1. The average Bonchev–Trinajstić information content (AvgIpc) is 2.84. The average molecular weight is 330 g/mol. The molecule has 1 fully saturated rings. The molecule has 19 heavy (non-hydrogen) atoms. The number of likely N-dealkylation sites (tertiary alicyclic amines) is 1. The Bertz CT molecular complexity index is 439. The lowest BCUT2D eigenvalue weighted by Crippen LogP contribution is -2.36. The van der Waals surface area contributed by atoms with Crippen molar-refractivity contribution in [3.05, 3.63) is 34.1 Å². The van der Waals surface area contributed by atoms with E-state index in [-0.39, 0.29) is 11.9 Å². The van der Waals surface area contributed by atoms with Crippen molar-refractivity contribution in [3.63, 3.8) is 0 Å². The summed E-state index contributed by atoms with van der Waals surface area (Å²) in [5.41, 5.74) is 6.87. The predicted octanol–water partition coefficient (Wildman–Crippen LogP) is 2.22. The lowest BCUT2D eigenvalue weighted by molar-refractivity contribution is 0.220. The summed E-state index contributed by atoms with van der Waals surface area (Å²) in [4.78, 5) is 4.60. The number of benzene rings is 1. The lowest BCUT2D eigenvalue weighted by Gasteiger charge is -2.29. The van der Waals surface area contributed by atoms with Crippen LogP contribution in [-0.2, 0) is 0 Å². The first-order chi connectivity index (χ1) is 9.02. The zero-order chi connectivity index (χ0) is 14.0. The van der Waals surface area contributed by atoms with E-state index < -0.39 is 0 Å². The molecule has 1 aliphatic rings. The molecule has 0 saturated carbocycles. The molecule has 2 atom stereocenters. The van der Waals surface area contributed by atoms with Gasteiger partial charge < -0.3 is 10.6 Å². The number of halogens is 2. The fourth-order valence-corrected chi connectivity index (χ4v) is 3.23. The highest BCUT2D eigenvalue weighted by Crippen LogP contribution is 2.31. The molecule has 1 aliphatic heterocycles. The number of rotatable bonds is 4. The quantitative estimate of drug-likeness (QED) is 0.919. The second-order valence-electron chi connectivity index (χ2n) is 5.32. The molecule has 5 heteroatoms. The van der Waals surface area contributed by atoms with Gasteiger partial charge in [0.15, 0.2) is 0 Å². The zero-order valence-corrected chi connectivity index (χ0v) is 13.0. The summed E-state index contributed by atoms with van der Waals surface area (Å²) in [7, 11) is 4.20. The molecule has 2 unspecified atom stereocenters. The van der Waals surface area contributed by atoms with Gasteiger partial charge in [-0.25, -0.2) is 4.39 Å². The summed E-state index contributed by atoms with van der Waals surface area (Å²) >= 11 is 3.50. The molecule has 3 nitrogen and oxygen atoms in total. The second kappa shape index (κ2) is 6.31. The maximum atomic E-state index is 13.4. The van der Waals surface area contributed by atoms with Crippen LogP contribution in [0, 0.1) is 5.82 Å². The van der Waals surface area contributed by atoms with Crippen LogP contribution < -0.4 is 5.73 Å². The summed E-state index contributed by atoms with van der Waals surface area (Å²) < 4.78 is 14.4. The zero-order valence-electron chi connectivity index (χ0n) is 11.4. The minimum absolute atomic E-state index is 0.0787. The highest BCUT2D eigenvalue weighted by Gasteiger charge is 2.30. The van der Waals surface area contributed by atoms with Crippen LogP contribution in [0.25, 0.3) is 0 Å². The van der Waals surface area contributed by atoms with Gasteiger partial charge in [0.25, 0.3) is 0 Å². The van der Waals surface area contributed by atoms with Crippen molar-refractivity contribution in [2.75, 3.05) is 33.7 Å². The first-order valence-corrected chi connectivity index (χ1v) is 7.37. The van der Waals surface area contributed by atoms with Crippen LogP contribution in [0.3, 0.4) is 0 Å². The van der Waals surface area contributed by atoms with Crippen molar-refractivity contribution in [3.8, 4) is 0 Å². The summed E-state index contributed by atoms with van der Waals surface area (Å²) in [5.74, 6) is -0.208. The topological polar surface area (TPSA) is 32.5 Å². The molecular formula is C14H21BrFN3. The summed E-state index contributed by atoms with van der Waals surface area (Å²) in [6.07, 6.45) is 1.14. The number of nitrogens with zero attached hydrogens (tertiary/aromatic N) is 2. The Labute approximate surface area is 122 Å². The fourth-order valence-electron chi connectivity index (χ4n) is 2.72. The third-order valence-corrected chi connectivity index (χ3v) is 4.63. The van der Waals surface area contributed by atoms with Gasteiger partial charge in [0.2, 0.25) is 0 Å². The van der Waals surface area contributed by atoms with Crippen molar-refractivity contribution in [2.24, 2.45) is 5.73 Å². The molecule has 0 spiro atoms. The van der Waals surface area contributed by atoms with E-state index in [2.05, 4.69) is 39.8 Å². The van der Waals surface area contributed by atoms with Gasteiger partial charge in [-0.1, -0.05) is 15.9 Å². The molecule has 0 aromatic heterocycles. The Kier molecular flexibility index (Phi) is 4.95. The van der Waals surface area contributed by atoms with Crippen LogP contribution >= 0.6 is 15.9 Å². The van der Waals surface area contributed by atoms with E-state index in [1.54, 1.807) is 12.1 Å². The van der Waals surface area contributed by atoms with E-state index >= 15 is 0 Å². The van der Waals surface area contributed by atoms with Gasteiger partial charge in [0.05, 0.1) is 0 Å². The minimum Gasteiger partial charge on any atom is -0.329 e. The molecule has 1 heterocycles. The first-order valence-electron chi connectivity index (χ1n) is 6.58. The molecule has 106 valence electrons. The lowest BCUT2D eigenvalue weighted by atomic mass is 10.1. The Morgan fingerprint density at radius 2 is 2.26 bits per heavy atom. The standard InChI is InChI=1S/C14H21BrFN3/c1-18(2)11-5-6-19(9-11)14(8-17)12-7-10(16)3-4-13(12)15/h3-4,7,11,14H,5-6,8-9,17H2,1-2H3. The van der Waals surface area contributed by atoms with Crippen molar-refractivity contribution >= 4 is 15.9 Å². The van der Waals surface area contributed by atoms with Crippen LogP contribution in [-0.4, -0.2) is 49.6 Å². The van der Waals surface area contributed by atoms with Crippen molar-refractivity contribution in [2.45, 2.75) is 18.5 Å². The predicted molar refractivity (Wildman–Crippen MR) is 79.6 cm³/mol. The maximum Gasteiger partial charge on any atom is 0.123 e. The van der Waals surface area contributed by atoms with Crippen molar-refractivity contribution in [1.82, 2.24) is 9.80 Å². The van der Waals surface area contributed by atoms with E-state index in [9.17, 15) is 4.39 Å². The maximum absolute atomic E-state index is 13.4. The van der Waals surface area contributed by atoms with Gasteiger partial charge in [-0.2, -0.15) is 0 Å². The second-order valence-corrected chi connectivity index (χ2v) is 6.17. The Balaban J connectivity index is 2.19. The third kappa shape index (κ3) is 3.34. The van der Waals surface area contributed by atoms with Gasteiger partial charge in [-0.3, -0.25) is 4.90 Å². The molecule has 0 aliphatic carbocycles. The van der Waals surface area contributed by atoms with Gasteiger partial charge in [-0.05, 0) is 44.3 Å². The SMILES string of the molecule is CN(C)C1CCN(C(CN)c2cc(F)ccc2Br)C1. The Hall–Kier alpha value is -0.490. The van der Waals surface area contributed by atoms with Gasteiger partial charge in [-0.15, -0.1) is 0 Å². The van der Waals surface area contributed by atoms with E-state index in [1.165, 1.54) is 6.07 Å². The van der Waals surface area contributed by atoms with Gasteiger partial charge >= 0.3 is 0 Å². The van der Waals surface area contributed by atoms with Crippen molar-refractivity contribution in [1.29, 1.82) is 0 Å². The smallest absolute Gasteiger partial charge is 0.123 e. The highest BCUT2D eigenvalue weighted by atomic mass is 79.9. The largest absolute Gasteiger partial charge is 0.329 e. The molecule has 0 radical (unpaired) electrons. The summed E-state index contributed by atoms with van der Waals surface area (Å²) in [5, 5.41) is 0. The normalized spacial score (nSPS) is 22.1. The Morgan fingerprint density at radius 3 is 2.84 bits per heavy atom. The van der Waals surface area contributed by atoms with Crippen LogP contribution in [0.15, 0.2) is 22.7 Å². The van der Waals surface area contributed by atoms with Crippen LogP contribution in [0.5, 0.6) is 0 Å². The molecule has 2 rings (SSSR count). The molecule has 1 saturated heterocycles. The van der Waals surface area contributed by atoms with E-state index in [0.29, 0.717) is 12.6 Å². The van der Waals surface area contributed by atoms with E-state index in [0.717, 1.165) is 29.5 Å². The molecule has 0 bridgehead atoms. The molecule has 1 aromatic carbocycles.